The summed E-state index contributed by atoms with van der Waals surface area (Å²) in [5.74, 6) is 0.252. The van der Waals surface area contributed by atoms with E-state index in [9.17, 15) is 4.79 Å². The maximum Gasteiger partial charge on any atom is 0.258 e. The van der Waals surface area contributed by atoms with Crippen LogP contribution in [0.3, 0.4) is 0 Å². The first kappa shape index (κ1) is 18.6. The van der Waals surface area contributed by atoms with Gasteiger partial charge in [0.25, 0.3) is 5.91 Å². The zero-order chi connectivity index (χ0) is 19.4. The number of hydrogen-bond donors (Lipinski definition) is 2. The predicted molar refractivity (Wildman–Crippen MR) is 110 cm³/mol. The van der Waals surface area contributed by atoms with E-state index in [1.165, 1.54) is 5.56 Å². The summed E-state index contributed by atoms with van der Waals surface area (Å²) in [7, 11) is 0. The first-order valence-corrected chi connectivity index (χ1v) is 9.04. The molecule has 0 atom stereocenters. The number of nitrogens with one attached hydrogen (secondary N) is 2. The van der Waals surface area contributed by atoms with Crippen molar-refractivity contribution >= 4 is 23.2 Å². The molecule has 27 heavy (non-hydrogen) atoms. The molecule has 3 rings (SSSR count). The third-order valence-electron chi connectivity index (χ3n) is 4.74. The van der Waals surface area contributed by atoms with E-state index in [1.54, 1.807) is 12.4 Å². The van der Waals surface area contributed by atoms with Crippen molar-refractivity contribution in [3.8, 4) is 0 Å². The molecule has 0 saturated carbocycles. The Labute approximate surface area is 159 Å². The van der Waals surface area contributed by atoms with Crippen LogP contribution in [0.1, 0.15) is 39.5 Å². The standard InChI is InChI=1S/C22H24N4O/c1-5-17-10-6-9-15(3)20(17)26-22-23-12-18(13-24-22)21(27)25-19-11-7-8-14(2)16(19)4/h6-13H,5H2,1-4H3,(H,25,27)(H,23,24,26). The van der Waals surface area contributed by atoms with E-state index in [-0.39, 0.29) is 5.91 Å². The van der Waals surface area contributed by atoms with Crippen molar-refractivity contribution in [3.63, 3.8) is 0 Å². The number of hydrogen-bond acceptors (Lipinski definition) is 4. The van der Waals surface area contributed by atoms with E-state index in [0.717, 1.165) is 34.5 Å². The highest BCUT2D eigenvalue weighted by Crippen LogP contribution is 2.24. The van der Waals surface area contributed by atoms with Gasteiger partial charge in [0.05, 0.1) is 5.56 Å². The molecule has 0 fully saturated rings. The molecule has 138 valence electrons. The second kappa shape index (κ2) is 7.99. The number of aromatic nitrogens is 2. The van der Waals surface area contributed by atoms with Gasteiger partial charge >= 0.3 is 0 Å². The van der Waals surface area contributed by atoms with Gasteiger partial charge in [-0.2, -0.15) is 0 Å². The zero-order valence-electron chi connectivity index (χ0n) is 16.1. The number of rotatable bonds is 5. The Morgan fingerprint density at radius 1 is 0.963 bits per heavy atom. The molecule has 0 aliphatic heterocycles. The van der Waals surface area contributed by atoms with E-state index in [2.05, 4.69) is 33.6 Å². The fourth-order valence-corrected chi connectivity index (χ4v) is 2.90. The third-order valence-corrected chi connectivity index (χ3v) is 4.74. The Morgan fingerprint density at radius 2 is 1.63 bits per heavy atom. The fraction of sp³-hybridized carbons (Fsp3) is 0.227. The number of aryl methyl sites for hydroxylation is 3. The minimum atomic E-state index is -0.222. The molecule has 5 heteroatoms. The number of benzene rings is 2. The van der Waals surface area contributed by atoms with Crippen molar-refractivity contribution in [1.82, 2.24) is 9.97 Å². The molecule has 0 spiro atoms. The van der Waals surface area contributed by atoms with Crippen LogP contribution in [0, 0.1) is 20.8 Å². The Bertz CT molecular complexity index is 965. The SMILES string of the molecule is CCc1cccc(C)c1Nc1ncc(C(=O)Nc2cccc(C)c2C)cn1. The van der Waals surface area contributed by atoms with Crippen LogP contribution in [0.4, 0.5) is 17.3 Å². The highest BCUT2D eigenvalue weighted by Gasteiger charge is 2.11. The molecule has 3 aromatic rings. The Hall–Kier alpha value is -3.21. The van der Waals surface area contributed by atoms with Gasteiger partial charge in [0.1, 0.15) is 0 Å². The Morgan fingerprint density at radius 3 is 2.33 bits per heavy atom. The number of carbonyl (C=O) groups is 1. The largest absolute Gasteiger partial charge is 0.324 e. The second-order valence-corrected chi connectivity index (χ2v) is 6.58. The lowest BCUT2D eigenvalue weighted by atomic mass is 10.1. The molecule has 0 unspecified atom stereocenters. The van der Waals surface area contributed by atoms with Gasteiger partial charge in [0.15, 0.2) is 0 Å². The molecule has 1 heterocycles. The van der Waals surface area contributed by atoms with Crippen LogP contribution in [0.15, 0.2) is 48.8 Å². The molecule has 0 saturated heterocycles. The van der Waals surface area contributed by atoms with E-state index in [0.29, 0.717) is 11.5 Å². The molecule has 2 aromatic carbocycles. The molecule has 0 bridgehead atoms. The van der Waals surface area contributed by atoms with Crippen LogP contribution in [-0.4, -0.2) is 15.9 Å². The minimum Gasteiger partial charge on any atom is -0.324 e. The Kier molecular flexibility index (Phi) is 5.50. The van der Waals surface area contributed by atoms with Crippen LogP contribution >= 0.6 is 0 Å². The number of amides is 1. The van der Waals surface area contributed by atoms with Crippen LogP contribution < -0.4 is 10.6 Å². The third kappa shape index (κ3) is 4.14. The van der Waals surface area contributed by atoms with Crippen LogP contribution in [0.5, 0.6) is 0 Å². The van der Waals surface area contributed by atoms with Gasteiger partial charge < -0.3 is 10.6 Å². The first-order valence-electron chi connectivity index (χ1n) is 9.04. The molecule has 2 N–H and O–H groups in total. The van der Waals surface area contributed by atoms with Gasteiger partial charge in [-0.3, -0.25) is 4.79 Å². The van der Waals surface area contributed by atoms with Crippen LogP contribution in [0.25, 0.3) is 0 Å². The Balaban J connectivity index is 1.76. The molecule has 1 amide bonds. The van der Waals surface area contributed by atoms with Gasteiger partial charge in [-0.1, -0.05) is 37.3 Å². The monoisotopic (exact) mass is 360 g/mol. The summed E-state index contributed by atoms with van der Waals surface area (Å²) in [4.78, 5) is 21.1. The molecule has 1 aromatic heterocycles. The smallest absolute Gasteiger partial charge is 0.258 e. The van der Waals surface area contributed by atoms with Crippen molar-refractivity contribution < 1.29 is 4.79 Å². The highest BCUT2D eigenvalue weighted by atomic mass is 16.1. The molecule has 0 aliphatic carbocycles. The normalized spacial score (nSPS) is 10.5. The minimum absolute atomic E-state index is 0.222. The summed E-state index contributed by atoms with van der Waals surface area (Å²) in [6.45, 7) is 8.17. The molecule has 0 radical (unpaired) electrons. The number of carbonyl (C=O) groups excluding carboxylic acids is 1. The van der Waals surface area contributed by atoms with Crippen molar-refractivity contribution in [1.29, 1.82) is 0 Å². The number of nitrogens with zero attached hydrogens (tertiary/aromatic N) is 2. The van der Waals surface area contributed by atoms with E-state index in [4.69, 9.17) is 0 Å². The van der Waals surface area contributed by atoms with Gasteiger partial charge in [-0.15, -0.1) is 0 Å². The lowest BCUT2D eigenvalue weighted by molar-refractivity contribution is 0.102. The summed E-state index contributed by atoms with van der Waals surface area (Å²) < 4.78 is 0. The first-order chi connectivity index (χ1) is 13.0. The fourth-order valence-electron chi connectivity index (χ4n) is 2.90. The summed E-state index contributed by atoms with van der Waals surface area (Å²) >= 11 is 0. The average molecular weight is 360 g/mol. The molecular weight excluding hydrogens is 336 g/mol. The molecule has 0 aliphatic rings. The zero-order valence-corrected chi connectivity index (χ0v) is 16.1. The highest BCUT2D eigenvalue weighted by molar-refractivity contribution is 6.04. The van der Waals surface area contributed by atoms with E-state index < -0.39 is 0 Å². The van der Waals surface area contributed by atoms with Crippen molar-refractivity contribution in [2.45, 2.75) is 34.1 Å². The van der Waals surface area contributed by atoms with Gasteiger partial charge in [0, 0.05) is 23.8 Å². The summed E-state index contributed by atoms with van der Waals surface area (Å²) in [5, 5.41) is 6.19. The van der Waals surface area contributed by atoms with E-state index in [1.807, 2.05) is 51.1 Å². The van der Waals surface area contributed by atoms with Crippen molar-refractivity contribution in [2.24, 2.45) is 0 Å². The maximum absolute atomic E-state index is 12.5. The van der Waals surface area contributed by atoms with Crippen molar-refractivity contribution in [3.05, 3.63) is 76.6 Å². The average Bonchev–Trinajstić information content (AvgIpc) is 2.67. The lowest BCUT2D eigenvalue weighted by Crippen LogP contribution is -2.14. The summed E-state index contributed by atoms with van der Waals surface area (Å²) in [6.07, 6.45) is 4.00. The molecular formula is C22H24N4O. The summed E-state index contributed by atoms with van der Waals surface area (Å²) in [6, 6.07) is 12.0. The number of anilines is 3. The van der Waals surface area contributed by atoms with Gasteiger partial charge in [-0.25, -0.2) is 9.97 Å². The van der Waals surface area contributed by atoms with Crippen molar-refractivity contribution in [2.75, 3.05) is 10.6 Å². The molecule has 5 nitrogen and oxygen atoms in total. The predicted octanol–water partition coefficient (Wildman–Crippen LogP) is 4.96. The van der Waals surface area contributed by atoms with E-state index >= 15 is 0 Å². The summed E-state index contributed by atoms with van der Waals surface area (Å²) in [5.41, 5.74) is 6.76. The van der Waals surface area contributed by atoms with Crippen LogP contribution in [0.2, 0.25) is 0 Å². The topological polar surface area (TPSA) is 66.9 Å². The van der Waals surface area contributed by atoms with Gasteiger partial charge in [0.2, 0.25) is 5.95 Å². The quantitative estimate of drug-likeness (QED) is 0.675. The lowest BCUT2D eigenvalue weighted by Gasteiger charge is -2.13. The second-order valence-electron chi connectivity index (χ2n) is 6.58. The van der Waals surface area contributed by atoms with Gasteiger partial charge in [-0.05, 0) is 55.5 Å². The maximum atomic E-state index is 12.5. The van der Waals surface area contributed by atoms with Crippen LogP contribution in [-0.2, 0) is 6.42 Å². The number of para-hydroxylation sites is 1.